The molecule has 0 fully saturated rings. The number of esters is 1. The molecule has 0 aromatic heterocycles. The maximum absolute atomic E-state index is 13.8. The first-order chi connectivity index (χ1) is 21.1. The standard InChI is InChI=1S/C31H32BrCl2N5O5/c1-44-29(42)24(7-2-3-12-35)37-27(40)17-36-28(41)22-10-8-19(32)14-25(22)39-31(16-18-5-4-6-20(33)13-18)23-11-9-21(34)15-26(23)38-30(31)43/h4-6,8-11,13-15,24,39H,2-3,7,12,16-17,35H2,1H3,(H,36,41)(H,37,40)(H,38,43)/t24?,31-/m0/s1. The number of unbranched alkanes of at least 4 members (excludes halogenated alkanes) is 1. The van der Waals surface area contributed by atoms with Crippen molar-refractivity contribution in [2.24, 2.45) is 5.73 Å². The van der Waals surface area contributed by atoms with Gasteiger partial charge in [0.05, 0.1) is 19.2 Å². The van der Waals surface area contributed by atoms with E-state index in [1.807, 2.05) is 6.07 Å². The van der Waals surface area contributed by atoms with Crippen molar-refractivity contribution in [2.45, 2.75) is 37.3 Å². The van der Waals surface area contributed by atoms with Crippen molar-refractivity contribution in [3.63, 3.8) is 0 Å². The summed E-state index contributed by atoms with van der Waals surface area (Å²) in [6.45, 7) is 0.0665. The highest BCUT2D eigenvalue weighted by Gasteiger charge is 2.47. The number of halogens is 3. The number of rotatable bonds is 13. The number of nitrogens with two attached hydrogens (primary N) is 1. The van der Waals surface area contributed by atoms with Crippen LogP contribution in [-0.2, 0) is 31.1 Å². The summed E-state index contributed by atoms with van der Waals surface area (Å²) < 4.78 is 5.45. The van der Waals surface area contributed by atoms with E-state index in [1.165, 1.54) is 7.11 Å². The third-order valence-corrected chi connectivity index (χ3v) is 8.15. The van der Waals surface area contributed by atoms with Gasteiger partial charge in [-0.05, 0) is 73.8 Å². The fraction of sp³-hybridized carbons (Fsp3) is 0.290. The van der Waals surface area contributed by atoms with Gasteiger partial charge in [-0.2, -0.15) is 0 Å². The Bertz CT molecular complexity index is 1570. The van der Waals surface area contributed by atoms with Gasteiger partial charge in [0.25, 0.3) is 11.8 Å². The zero-order valence-electron chi connectivity index (χ0n) is 23.8. The lowest BCUT2D eigenvalue weighted by Gasteiger charge is -2.31. The van der Waals surface area contributed by atoms with E-state index in [2.05, 4.69) is 37.2 Å². The summed E-state index contributed by atoms with van der Waals surface area (Å²) in [6.07, 6.45) is 1.86. The predicted molar refractivity (Wildman–Crippen MR) is 174 cm³/mol. The Morgan fingerprint density at radius 3 is 2.55 bits per heavy atom. The summed E-state index contributed by atoms with van der Waals surface area (Å²) in [5.41, 5.74) is 6.69. The zero-order valence-corrected chi connectivity index (χ0v) is 26.9. The van der Waals surface area contributed by atoms with Crippen LogP contribution in [0.5, 0.6) is 0 Å². The van der Waals surface area contributed by atoms with Crippen LogP contribution in [0.3, 0.4) is 0 Å². The molecular formula is C31H32BrCl2N5O5. The van der Waals surface area contributed by atoms with E-state index in [4.69, 9.17) is 33.7 Å². The molecular weight excluding hydrogens is 673 g/mol. The smallest absolute Gasteiger partial charge is 0.328 e. The SMILES string of the molecule is COC(=O)C(CCCCN)NC(=O)CNC(=O)c1ccc(Br)cc1N[C@]1(Cc2cccc(Cl)c2)C(=O)Nc2cc(Cl)ccc21. The number of amides is 3. The minimum atomic E-state index is -1.34. The number of nitrogens with one attached hydrogen (secondary N) is 4. The first-order valence-electron chi connectivity index (χ1n) is 13.9. The number of hydrogen-bond acceptors (Lipinski definition) is 7. The first-order valence-corrected chi connectivity index (χ1v) is 15.4. The molecule has 2 atom stereocenters. The first kappa shape index (κ1) is 33.3. The van der Waals surface area contributed by atoms with Gasteiger partial charge in [-0.3, -0.25) is 14.4 Å². The largest absolute Gasteiger partial charge is 0.467 e. The van der Waals surface area contributed by atoms with Gasteiger partial charge in [0.15, 0.2) is 0 Å². The highest BCUT2D eigenvalue weighted by Crippen LogP contribution is 2.43. The Labute approximate surface area is 273 Å². The molecule has 13 heteroatoms. The summed E-state index contributed by atoms with van der Waals surface area (Å²) in [7, 11) is 1.24. The molecule has 232 valence electrons. The van der Waals surface area contributed by atoms with E-state index in [0.29, 0.717) is 57.3 Å². The number of carbonyl (C=O) groups is 4. The average Bonchev–Trinajstić information content (AvgIpc) is 3.24. The molecule has 1 unspecified atom stereocenters. The molecule has 10 nitrogen and oxygen atoms in total. The molecule has 6 N–H and O–H groups in total. The lowest BCUT2D eigenvalue weighted by atomic mass is 9.84. The van der Waals surface area contributed by atoms with E-state index in [1.54, 1.807) is 54.6 Å². The Kier molecular flexibility index (Phi) is 11.3. The van der Waals surface area contributed by atoms with Gasteiger partial charge < -0.3 is 31.7 Å². The molecule has 0 saturated heterocycles. The molecule has 3 amide bonds. The van der Waals surface area contributed by atoms with Crippen molar-refractivity contribution in [1.82, 2.24) is 10.6 Å². The zero-order chi connectivity index (χ0) is 31.9. The summed E-state index contributed by atoms with van der Waals surface area (Å²) in [4.78, 5) is 52.0. The highest BCUT2D eigenvalue weighted by molar-refractivity contribution is 9.10. The molecule has 3 aromatic rings. The van der Waals surface area contributed by atoms with Crippen LogP contribution in [0, 0.1) is 0 Å². The van der Waals surface area contributed by atoms with Crippen LogP contribution in [0.15, 0.2) is 65.1 Å². The van der Waals surface area contributed by atoms with Gasteiger partial charge in [-0.15, -0.1) is 0 Å². The maximum Gasteiger partial charge on any atom is 0.328 e. The fourth-order valence-electron chi connectivity index (χ4n) is 5.07. The van der Waals surface area contributed by atoms with Crippen LogP contribution in [0.2, 0.25) is 10.0 Å². The van der Waals surface area contributed by atoms with Crippen LogP contribution in [0.4, 0.5) is 11.4 Å². The van der Waals surface area contributed by atoms with Gasteiger partial charge in [0, 0.05) is 37.9 Å². The van der Waals surface area contributed by atoms with E-state index < -0.39 is 35.9 Å². The summed E-state index contributed by atoms with van der Waals surface area (Å²) in [5.74, 6) is -2.06. The predicted octanol–water partition coefficient (Wildman–Crippen LogP) is 4.77. The quantitative estimate of drug-likeness (QED) is 0.127. The van der Waals surface area contributed by atoms with Gasteiger partial charge in [0.1, 0.15) is 11.6 Å². The fourth-order valence-corrected chi connectivity index (χ4v) is 5.82. The maximum atomic E-state index is 13.8. The summed E-state index contributed by atoms with van der Waals surface area (Å²) in [5, 5.41) is 12.4. The second-order valence-corrected chi connectivity index (χ2v) is 12.1. The van der Waals surface area contributed by atoms with Gasteiger partial charge in [-0.25, -0.2) is 4.79 Å². The van der Waals surface area contributed by atoms with Crippen molar-refractivity contribution in [1.29, 1.82) is 0 Å². The number of methoxy groups -OCH3 is 1. The van der Waals surface area contributed by atoms with Crippen molar-refractivity contribution in [3.05, 3.63) is 91.9 Å². The molecule has 1 heterocycles. The van der Waals surface area contributed by atoms with Crippen molar-refractivity contribution >= 4 is 74.2 Å². The van der Waals surface area contributed by atoms with E-state index in [0.717, 1.165) is 5.56 Å². The Balaban J connectivity index is 1.60. The molecule has 4 rings (SSSR count). The summed E-state index contributed by atoms with van der Waals surface area (Å²) >= 11 is 16.0. The number of anilines is 2. The highest BCUT2D eigenvalue weighted by atomic mass is 79.9. The van der Waals surface area contributed by atoms with Gasteiger partial charge in [-0.1, -0.05) is 57.3 Å². The molecule has 0 saturated carbocycles. The monoisotopic (exact) mass is 703 g/mol. The number of benzene rings is 3. The van der Waals surface area contributed by atoms with Crippen LogP contribution in [0.1, 0.15) is 40.7 Å². The van der Waals surface area contributed by atoms with Crippen LogP contribution >= 0.6 is 39.1 Å². The lowest BCUT2D eigenvalue weighted by Crippen LogP contribution is -2.46. The number of carbonyl (C=O) groups excluding carboxylic acids is 4. The molecule has 0 aliphatic carbocycles. The topological polar surface area (TPSA) is 152 Å². The van der Waals surface area contributed by atoms with Gasteiger partial charge in [0.2, 0.25) is 5.91 Å². The second kappa shape index (κ2) is 14.9. The third kappa shape index (κ3) is 7.89. The van der Waals surface area contributed by atoms with E-state index in [-0.39, 0.29) is 17.9 Å². The Hall–Kier alpha value is -3.64. The van der Waals surface area contributed by atoms with Crippen molar-refractivity contribution < 1.29 is 23.9 Å². The Morgan fingerprint density at radius 2 is 1.82 bits per heavy atom. The minimum Gasteiger partial charge on any atom is -0.467 e. The normalized spacial score (nSPS) is 16.0. The second-order valence-electron chi connectivity index (χ2n) is 10.3. The molecule has 0 spiro atoms. The number of fused-ring (bicyclic) bond motifs is 1. The lowest BCUT2D eigenvalue weighted by molar-refractivity contribution is -0.145. The third-order valence-electron chi connectivity index (χ3n) is 7.19. The molecule has 1 aliphatic heterocycles. The van der Waals surface area contributed by atoms with E-state index >= 15 is 0 Å². The molecule has 1 aliphatic rings. The van der Waals surface area contributed by atoms with E-state index in [9.17, 15) is 19.2 Å². The molecule has 3 aromatic carbocycles. The Morgan fingerprint density at radius 1 is 1.05 bits per heavy atom. The molecule has 44 heavy (non-hydrogen) atoms. The minimum absolute atomic E-state index is 0.189. The van der Waals surface area contributed by atoms with Crippen LogP contribution < -0.4 is 27.0 Å². The number of hydrogen-bond donors (Lipinski definition) is 5. The molecule has 0 radical (unpaired) electrons. The van der Waals surface area contributed by atoms with Gasteiger partial charge >= 0.3 is 5.97 Å². The van der Waals surface area contributed by atoms with Crippen molar-refractivity contribution in [2.75, 3.05) is 30.8 Å². The number of ether oxygens (including phenoxy) is 1. The molecule has 0 bridgehead atoms. The average molecular weight is 705 g/mol. The summed E-state index contributed by atoms with van der Waals surface area (Å²) in [6, 6.07) is 16.4. The van der Waals surface area contributed by atoms with Crippen LogP contribution in [-0.4, -0.2) is 49.9 Å². The van der Waals surface area contributed by atoms with Crippen LogP contribution in [0.25, 0.3) is 0 Å². The van der Waals surface area contributed by atoms with Crippen molar-refractivity contribution in [3.8, 4) is 0 Å².